The van der Waals surface area contributed by atoms with Gasteiger partial charge in [0.1, 0.15) is 0 Å². The van der Waals surface area contributed by atoms with Crippen LogP contribution in [0.1, 0.15) is 49.9 Å². The van der Waals surface area contributed by atoms with E-state index in [0.717, 1.165) is 36.4 Å². The third-order valence-corrected chi connectivity index (χ3v) is 4.98. The summed E-state index contributed by atoms with van der Waals surface area (Å²) in [4.78, 5) is 15.3. The molecule has 1 aromatic carbocycles. The van der Waals surface area contributed by atoms with Crippen LogP contribution in [0.3, 0.4) is 0 Å². The number of carbonyl (C=O) groups is 1. The highest BCUT2D eigenvalue weighted by atomic mass is 32.1. The minimum absolute atomic E-state index is 0.150. The van der Waals surface area contributed by atoms with Crippen LogP contribution in [0.4, 0.5) is 0 Å². The molecule has 0 aliphatic carbocycles. The molecule has 0 N–H and O–H groups in total. The van der Waals surface area contributed by atoms with Gasteiger partial charge in [-0.2, -0.15) is 0 Å². The molecule has 0 radical (unpaired) electrons. The van der Waals surface area contributed by atoms with Gasteiger partial charge < -0.3 is 4.90 Å². The van der Waals surface area contributed by atoms with E-state index in [0.29, 0.717) is 5.41 Å². The first-order valence-corrected chi connectivity index (χ1v) is 7.63. The van der Waals surface area contributed by atoms with Gasteiger partial charge in [-0.3, -0.25) is 4.79 Å². The van der Waals surface area contributed by atoms with Gasteiger partial charge in [0.25, 0.3) is 5.91 Å². The van der Waals surface area contributed by atoms with Crippen LogP contribution in [0.25, 0.3) is 0 Å². The Hall–Kier alpha value is -0.960. The van der Waals surface area contributed by atoms with E-state index in [1.54, 1.807) is 0 Å². The van der Waals surface area contributed by atoms with E-state index < -0.39 is 0 Å². The summed E-state index contributed by atoms with van der Waals surface area (Å²) in [6.07, 6.45) is 4.70. The standard InChI is InChI=1S/C16H23NOS/c1-3-16(4-2)8-10-17(11-9-16)15(18)13-6-5-7-14(19)12-13/h5-7,12,19H,3-4,8-11H2,1-2H3. The summed E-state index contributed by atoms with van der Waals surface area (Å²) in [6.45, 7) is 6.31. The molecule has 0 unspecified atom stereocenters. The van der Waals surface area contributed by atoms with Crippen molar-refractivity contribution in [2.45, 2.75) is 44.4 Å². The smallest absolute Gasteiger partial charge is 0.253 e. The molecular weight excluding hydrogens is 254 g/mol. The van der Waals surface area contributed by atoms with Crippen LogP contribution in [0.2, 0.25) is 0 Å². The topological polar surface area (TPSA) is 20.3 Å². The van der Waals surface area contributed by atoms with Crippen LogP contribution in [-0.2, 0) is 0 Å². The van der Waals surface area contributed by atoms with E-state index in [4.69, 9.17) is 0 Å². The second kappa shape index (κ2) is 6.00. The Morgan fingerprint density at radius 3 is 2.42 bits per heavy atom. The molecule has 3 heteroatoms. The first-order valence-electron chi connectivity index (χ1n) is 7.18. The molecule has 1 saturated heterocycles. The lowest BCUT2D eigenvalue weighted by Gasteiger charge is -2.41. The normalized spacial score (nSPS) is 18.4. The van der Waals surface area contributed by atoms with E-state index in [9.17, 15) is 4.79 Å². The molecule has 0 atom stereocenters. The maximum absolute atomic E-state index is 12.4. The molecule has 1 aromatic rings. The Labute approximate surface area is 121 Å². The van der Waals surface area contributed by atoms with Crippen molar-refractivity contribution in [1.82, 2.24) is 4.90 Å². The summed E-state index contributed by atoms with van der Waals surface area (Å²) >= 11 is 4.30. The minimum Gasteiger partial charge on any atom is -0.339 e. The van der Waals surface area contributed by atoms with Crippen LogP contribution < -0.4 is 0 Å². The van der Waals surface area contributed by atoms with Gasteiger partial charge in [0.2, 0.25) is 0 Å². The average molecular weight is 277 g/mol. The van der Waals surface area contributed by atoms with Gasteiger partial charge >= 0.3 is 0 Å². The number of carbonyl (C=O) groups excluding carboxylic acids is 1. The number of hydrogen-bond donors (Lipinski definition) is 1. The van der Waals surface area contributed by atoms with E-state index in [2.05, 4.69) is 26.5 Å². The van der Waals surface area contributed by atoms with Crippen molar-refractivity contribution < 1.29 is 4.79 Å². The van der Waals surface area contributed by atoms with Gasteiger partial charge in [0, 0.05) is 23.5 Å². The molecular formula is C16H23NOS. The molecule has 0 saturated carbocycles. The zero-order valence-electron chi connectivity index (χ0n) is 11.9. The average Bonchev–Trinajstić information content (AvgIpc) is 2.46. The fourth-order valence-electron chi connectivity index (χ4n) is 2.96. The predicted molar refractivity (Wildman–Crippen MR) is 81.8 cm³/mol. The van der Waals surface area contributed by atoms with Crippen LogP contribution in [-0.4, -0.2) is 23.9 Å². The Morgan fingerprint density at radius 1 is 1.26 bits per heavy atom. The molecule has 0 spiro atoms. The maximum Gasteiger partial charge on any atom is 0.253 e. The summed E-state index contributed by atoms with van der Waals surface area (Å²) in [6, 6.07) is 7.52. The van der Waals surface area contributed by atoms with Gasteiger partial charge in [0.15, 0.2) is 0 Å². The monoisotopic (exact) mass is 277 g/mol. The van der Waals surface area contributed by atoms with Crippen LogP contribution in [0.15, 0.2) is 29.2 Å². The zero-order valence-corrected chi connectivity index (χ0v) is 12.7. The lowest BCUT2D eigenvalue weighted by Crippen LogP contribution is -2.42. The fourth-order valence-corrected chi connectivity index (χ4v) is 3.19. The van der Waals surface area contributed by atoms with E-state index >= 15 is 0 Å². The van der Waals surface area contributed by atoms with Gasteiger partial charge in [-0.05, 0) is 36.5 Å². The summed E-state index contributed by atoms with van der Waals surface area (Å²) in [5.41, 5.74) is 1.22. The van der Waals surface area contributed by atoms with Gasteiger partial charge in [-0.1, -0.05) is 32.8 Å². The molecule has 0 bridgehead atoms. The molecule has 1 amide bonds. The molecule has 1 aliphatic rings. The molecule has 1 heterocycles. The first-order chi connectivity index (χ1) is 9.10. The van der Waals surface area contributed by atoms with Gasteiger partial charge in [-0.25, -0.2) is 0 Å². The van der Waals surface area contributed by atoms with Crippen molar-refractivity contribution in [2.75, 3.05) is 13.1 Å². The predicted octanol–water partition coefficient (Wildman–Crippen LogP) is 4.02. The molecule has 1 aliphatic heterocycles. The molecule has 19 heavy (non-hydrogen) atoms. The van der Waals surface area contributed by atoms with Crippen molar-refractivity contribution >= 4 is 18.5 Å². The van der Waals surface area contributed by atoms with E-state index in [-0.39, 0.29) is 5.91 Å². The summed E-state index contributed by atoms with van der Waals surface area (Å²) in [5, 5.41) is 0. The van der Waals surface area contributed by atoms with Crippen molar-refractivity contribution in [1.29, 1.82) is 0 Å². The zero-order chi connectivity index (χ0) is 13.9. The first kappa shape index (κ1) is 14.4. The van der Waals surface area contributed by atoms with Crippen molar-refractivity contribution in [2.24, 2.45) is 5.41 Å². The lowest BCUT2D eigenvalue weighted by molar-refractivity contribution is 0.0557. The van der Waals surface area contributed by atoms with Crippen molar-refractivity contribution in [3.05, 3.63) is 29.8 Å². The van der Waals surface area contributed by atoms with Crippen LogP contribution >= 0.6 is 12.6 Å². The number of benzene rings is 1. The quantitative estimate of drug-likeness (QED) is 0.827. The highest BCUT2D eigenvalue weighted by molar-refractivity contribution is 7.80. The highest BCUT2D eigenvalue weighted by Gasteiger charge is 2.33. The van der Waals surface area contributed by atoms with Crippen LogP contribution in [0.5, 0.6) is 0 Å². The lowest BCUT2D eigenvalue weighted by atomic mass is 9.74. The molecule has 104 valence electrons. The Bertz CT molecular complexity index is 444. The summed E-state index contributed by atoms with van der Waals surface area (Å²) < 4.78 is 0. The molecule has 2 nitrogen and oxygen atoms in total. The second-order valence-electron chi connectivity index (χ2n) is 5.55. The van der Waals surface area contributed by atoms with Crippen LogP contribution in [0, 0.1) is 5.41 Å². The number of hydrogen-bond acceptors (Lipinski definition) is 2. The highest BCUT2D eigenvalue weighted by Crippen LogP contribution is 2.38. The number of rotatable bonds is 3. The number of piperidine rings is 1. The number of likely N-dealkylation sites (tertiary alicyclic amines) is 1. The number of nitrogens with zero attached hydrogens (tertiary/aromatic N) is 1. The van der Waals surface area contributed by atoms with E-state index in [1.165, 1.54) is 12.8 Å². The largest absolute Gasteiger partial charge is 0.339 e. The number of thiol groups is 1. The second-order valence-corrected chi connectivity index (χ2v) is 6.07. The number of amides is 1. The summed E-state index contributed by atoms with van der Waals surface area (Å²) in [5.74, 6) is 0.150. The third kappa shape index (κ3) is 3.14. The van der Waals surface area contributed by atoms with Crippen molar-refractivity contribution in [3.63, 3.8) is 0 Å². The Morgan fingerprint density at radius 2 is 1.89 bits per heavy atom. The molecule has 1 fully saturated rings. The fraction of sp³-hybridized carbons (Fsp3) is 0.562. The third-order valence-electron chi connectivity index (χ3n) is 4.70. The van der Waals surface area contributed by atoms with Gasteiger partial charge in [0.05, 0.1) is 0 Å². The van der Waals surface area contributed by atoms with E-state index in [1.807, 2.05) is 29.2 Å². The molecule has 0 aromatic heterocycles. The Balaban J connectivity index is 2.04. The Kier molecular flexibility index (Phi) is 4.56. The van der Waals surface area contributed by atoms with Gasteiger partial charge in [-0.15, -0.1) is 12.6 Å². The SMILES string of the molecule is CCC1(CC)CCN(C(=O)c2cccc(S)c2)CC1. The summed E-state index contributed by atoms with van der Waals surface area (Å²) in [7, 11) is 0. The minimum atomic E-state index is 0.150. The molecule has 2 rings (SSSR count). The maximum atomic E-state index is 12.4. The van der Waals surface area contributed by atoms with Crippen molar-refractivity contribution in [3.8, 4) is 0 Å².